The quantitative estimate of drug-likeness (QED) is 0.183. The summed E-state index contributed by atoms with van der Waals surface area (Å²) < 4.78 is 0. The van der Waals surface area contributed by atoms with Crippen molar-refractivity contribution < 1.29 is 29.3 Å². The first-order chi connectivity index (χ1) is 10.4. The predicted octanol–water partition coefficient (Wildman–Crippen LogP) is 0.298. The smallest absolute Gasteiger partial charge is 0.364 e. The van der Waals surface area contributed by atoms with Crippen LogP contribution < -0.4 is 11.1 Å². The summed E-state index contributed by atoms with van der Waals surface area (Å²) in [6, 6.07) is 0. The van der Waals surface area contributed by atoms with E-state index in [4.69, 9.17) is 5.73 Å². The second-order valence-electron chi connectivity index (χ2n) is 4.68. The summed E-state index contributed by atoms with van der Waals surface area (Å²) in [7, 11) is 0. The molecule has 0 aromatic rings. The fourth-order valence-electron chi connectivity index (χ4n) is 1.43. The van der Waals surface area contributed by atoms with Crippen LogP contribution >= 0.6 is 0 Å². The summed E-state index contributed by atoms with van der Waals surface area (Å²) in [6.07, 6.45) is 4.79. The zero-order valence-corrected chi connectivity index (χ0v) is 13.0. The molecule has 0 bridgehead atoms. The molecule has 0 fully saturated rings. The van der Waals surface area contributed by atoms with Gasteiger partial charge in [-0.2, -0.15) is 0 Å². The molecule has 0 saturated carbocycles. The van der Waals surface area contributed by atoms with Crippen LogP contribution in [0.5, 0.6) is 0 Å². The highest BCUT2D eigenvalue weighted by molar-refractivity contribution is 5.88. The van der Waals surface area contributed by atoms with Crippen LogP contribution in [0.3, 0.4) is 0 Å². The van der Waals surface area contributed by atoms with Crippen molar-refractivity contribution in [3.8, 4) is 0 Å². The van der Waals surface area contributed by atoms with E-state index in [9.17, 15) is 19.5 Å². The first kappa shape index (κ1) is 20.1. The number of hydrogen-bond acceptors (Lipinski definition) is 7. The van der Waals surface area contributed by atoms with Gasteiger partial charge < -0.3 is 16.2 Å². The van der Waals surface area contributed by atoms with E-state index in [1.807, 2.05) is 5.32 Å². The number of allylic oxidation sites excluding steroid dienone is 1. The van der Waals surface area contributed by atoms with Gasteiger partial charge in [0.15, 0.2) is 0 Å². The molecule has 8 nitrogen and oxygen atoms in total. The highest BCUT2D eigenvalue weighted by atomic mass is 17.2. The van der Waals surface area contributed by atoms with Crippen molar-refractivity contribution in [2.75, 3.05) is 6.54 Å². The van der Waals surface area contributed by atoms with Gasteiger partial charge in [-0.05, 0) is 19.8 Å². The van der Waals surface area contributed by atoms with Crippen LogP contribution in [0.1, 0.15) is 46.0 Å². The van der Waals surface area contributed by atoms with Gasteiger partial charge in [0.05, 0.1) is 6.54 Å². The van der Waals surface area contributed by atoms with Gasteiger partial charge in [-0.3, -0.25) is 4.79 Å². The van der Waals surface area contributed by atoms with Crippen molar-refractivity contribution in [2.45, 2.75) is 52.2 Å². The molecule has 0 aliphatic rings. The zero-order chi connectivity index (χ0) is 17.0. The number of nitrogens with one attached hydrogen (secondary N) is 1. The maximum Gasteiger partial charge on any atom is 0.404 e. The van der Waals surface area contributed by atoms with E-state index in [0.717, 1.165) is 32.1 Å². The molecule has 1 unspecified atom stereocenters. The molecule has 0 radical (unpaired) electrons. The van der Waals surface area contributed by atoms with E-state index in [2.05, 4.69) is 16.7 Å². The standard InChI is InChI=1S/C14H24N2O6/c1-3-4-5-6-7-8-10(2)13(19)21-22-14(20)12(18)16-11(17)9-15/h8,12,18H,3-7,9,15H2,1-2H3,(H,16,17)/b10-8+. The van der Waals surface area contributed by atoms with Crippen molar-refractivity contribution in [2.24, 2.45) is 5.73 Å². The monoisotopic (exact) mass is 316 g/mol. The number of rotatable bonds is 9. The third-order valence-electron chi connectivity index (χ3n) is 2.74. The first-order valence-corrected chi connectivity index (χ1v) is 7.19. The highest BCUT2D eigenvalue weighted by Crippen LogP contribution is 2.06. The lowest BCUT2D eigenvalue weighted by Gasteiger charge is -2.10. The van der Waals surface area contributed by atoms with E-state index in [0.29, 0.717) is 5.57 Å². The Hall–Kier alpha value is -1.93. The molecular formula is C14H24N2O6. The van der Waals surface area contributed by atoms with Crippen LogP contribution in [0.15, 0.2) is 11.6 Å². The Morgan fingerprint density at radius 3 is 2.50 bits per heavy atom. The maximum atomic E-state index is 11.5. The predicted molar refractivity (Wildman–Crippen MR) is 77.9 cm³/mol. The van der Waals surface area contributed by atoms with E-state index in [-0.39, 0.29) is 0 Å². The van der Waals surface area contributed by atoms with Crippen LogP contribution in [-0.4, -0.2) is 35.7 Å². The van der Waals surface area contributed by atoms with Crippen LogP contribution in [0.4, 0.5) is 0 Å². The summed E-state index contributed by atoms with van der Waals surface area (Å²) in [6.45, 7) is 3.24. The number of aliphatic hydroxyl groups is 1. The minimum absolute atomic E-state index is 0.296. The zero-order valence-electron chi connectivity index (χ0n) is 13.0. The molecule has 0 heterocycles. The molecule has 0 aliphatic carbocycles. The molecule has 1 atom stereocenters. The van der Waals surface area contributed by atoms with Crippen LogP contribution in [0.25, 0.3) is 0 Å². The second-order valence-corrected chi connectivity index (χ2v) is 4.68. The summed E-state index contributed by atoms with van der Waals surface area (Å²) in [5.74, 6) is -2.90. The van der Waals surface area contributed by atoms with Crippen molar-refractivity contribution >= 4 is 17.8 Å². The molecule has 1 amide bonds. The summed E-state index contributed by atoms with van der Waals surface area (Å²) >= 11 is 0. The van der Waals surface area contributed by atoms with Gasteiger partial charge in [0.25, 0.3) is 0 Å². The fraction of sp³-hybridized carbons (Fsp3) is 0.643. The number of unbranched alkanes of at least 4 members (excludes halogenated alkanes) is 4. The Morgan fingerprint density at radius 2 is 1.91 bits per heavy atom. The normalized spacial score (nSPS) is 12.5. The van der Waals surface area contributed by atoms with Gasteiger partial charge in [0.2, 0.25) is 12.1 Å². The number of amides is 1. The molecule has 126 valence electrons. The second kappa shape index (κ2) is 11.7. The van der Waals surface area contributed by atoms with E-state index >= 15 is 0 Å². The Morgan fingerprint density at radius 1 is 1.23 bits per heavy atom. The minimum Gasteiger partial charge on any atom is -0.364 e. The van der Waals surface area contributed by atoms with Gasteiger partial charge in [0.1, 0.15) is 0 Å². The molecule has 0 saturated heterocycles. The molecule has 4 N–H and O–H groups in total. The Balaban J connectivity index is 4.07. The number of nitrogens with two attached hydrogens (primary N) is 1. The van der Waals surface area contributed by atoms with Crippen molar-refractivity contribution in [3.63, 3.8) is 0 Å². The number of hydrogen-bond donors (Lipinski definition) is 3. The van der Waals surface area contributed by atoms with Gasteiger partial charge >= 0.3 is 11.9 Å². The average molecular weight is 316 g/mol. The third-order valence-corrected chi connectivity index (χ3v) is 2.74. The van der Waals surface area contributed by atoms with Crippen LogP contribution in [0, 0.1) is 0 Å². The molecule has 0 aliphatic heterocycles. The van der Waals surface area contributed by atoms with Gasteiger partial charge in [0, 0.05) is 5.57 Å². The largest absolute Gasteiger partial charge is 0.404 e. The molecular weight excluding hydrogens is 292 g/mol. The van der Waals surface area contributed by atoms with E-state index < -0.39 is 30.6 Å². The maximum absolute atomic E-state index is 11.5. The van der Waals surface area contributed by atoms with Gasteiger partial charge in [-0.25, -0.2) is 19.4 Å². The van der Waals surface area contributed by atoms with Crippen LogP contribution in [-0.2, 0) is 24.2 Å². The first-order valence-electron chi connectivity index (χ1n) is 7.19. The number of carbonyl (C=O) groups excluding carboxylic acids is 3. The summed E-state index contributed by atoms with van der Waals surface area (Å²) in [5.41, 5.74) is 5.29. The SMILES string of the molecule is CCCCCC/C=C(\C)C(=O)OOC(=O)C(O)NC(=O)CN. The summed E-state index contributed by atoms with van der Waals surface area (Å²) in [4.78, 5) is 42.0. The summed E-state index contributed by atoms with van der Waals surface area (Å²) in [5, 5.41) is 11.1. The van der Waals surface area contributed by atoms with E-state index in [1.165, 1.54) is 6.92 Å². The van der Waals surface area contributed by atoms with Crippen molar-refractivity contribution in [1.29, 1.82) is 0 Å². The lowest BCUT2D eigenvalue weighted by molar-refractivity contribution is -0.262. The number of carbonyl (C=O) groups is 3. The molecule has 0 rings (SSSR count). The van der Waals surface area contributed by atoms with Gasteiger partial charge in [-0.1, -0.05) is 32.3 Å². The minimum atomic E-state index is -1.94. The topological polar surface area (TPSA) is 128 Å². The Kier molecular flexibility index (Phi) is 10.7. The lowest BCUT2D eigenvalue weighted by atomic mass is 10.1. The van der Waals surface area contributed by atoms with Gasteiger partial charge in [-0.15, -0.1) is 0 Å². The fourth-order valence-corrected chi connectivity index (χ4v) is 1.43. The molecule has 0 aromatic heterocycles. The Bertz CT molecular complexity index is 408. The average Bonchev–Trinajstić information content (AvgIpc) is 2.51. The van der Waals surface area contributed by atoms with E-state index in [1.54, 1.807) is 6.08 Å². The third kappa shape index (κ3) is 9.09. The highest BCUT2D eigenvalue weighted by Gasteiger charge is 2.21. The molecule has 22 heavy (non-hydrogen) atoms. The lowest BCUT2D eigenvalue weighted by Crippen LogP contribution is -2.44. The molecule has 0 spiro atoms. The number of aliphatic hydroxyl groups excluding tert-OH is 1. The molecule has 0 aromatic carbocycles. The van der Waals surface area contributed by atoms with Crippen molar-refractivity contribution in [1.82, 2.24) is 5.32 Å². The van der Waals surface area contributed by atoms with Crippen LogP contribution in [0.2, 0.25) is 0 Å². The Labute approximate surface area is 129 Å². The molecule has 8 heteroatoms. The van der Waals surface area contributed by atoms with Crippen molar-refractivity contribution in [3.05, 3.63) is 11.6 Å².